The molecular weight excluding hydrogens is 456 g/mol. The van der Waals surface area contributed by atoms with Crippen LogP contribution in [0.3, 0.4) is 0 Å². The van der Waals surface area contributed by atoms with Crippen LogP contribution in [0.1, 0.15) is 87.9 Å². The van der Waals surface area contributed by atoms with E-state index in [0.29, 0.717) is 17.9 Å². The number of benzene rings is 1. The molecule has 6 nitrogen and oxygen atoms in total. The number of esters is 3. The summed E-state index contributed by atoms with van der Waals surface area (Å²) in [5, 5.41) is 0. The Morgan fingerprint density at radius 1 is 0.917 bits per heavy atom. The van der Waals surface area contributed by atoms with Crippen molar-refractivity contribution in [2.45, 2.75) is 83.7 Å². The van der Waals surface area contributed by atoms with Crippen molar-refractivity contribution in [2.75, 3.05) is 13.7 Å². The summed E-state index contributed by atoms with van der Waals surface area (Å²) in [7, 11) is 1.40. The van der Waals surface area contributed by atoms with E-state index in [2.05, 4.69) is 36.0 Å². The molecule has 0 heterocycles. The van der Waals surface area contributed by atoms with Crippen molar-refractivity contribution in [3.63, 3.8) is 0 Å². The molecule has 2 rings (SSSR count). The average molecular weight is 499 g/mol. The standard InChI is InChI=1S/C30H42O6/c1-3-4-5-6-7-11-16-24-21-22-27(26(24)19-14-8-9-15-20-28(31)34-2)36-29(32)23-35-30(33)25-17-12-10-13-18-25/h8,10-14,16-18,24,26-27H,3-7,9,15,19-23H2,1-2H3/t24-,26+,27+/m0/s1. The molecule has 36 heavy (non-hydrogen) atoms. The van der Waals surface area contributed by atoms with Gasteiger partial charge in [0.15, 0.2) is 6.61 Å². The Morgan fingerprint density at radius 3 is 2.44 bits per heavy atom. The van der Waals surface area contributed by atoms with Crippen molar-refractivity contribution in [2.24, 2.45) is 11.8 Å². The lowest BCUT2D eigenvalue weighted by molar-refractivity contribution is -0.154. The maximum absolute atomic E-state index is 12.5. The second kappa shape index (κ2) is 17.5. The van der Waals surface area contributed by atoms with Gasteiger partial charge in [0.05, 0.1) is 12.7 Å². The zero-order chi connectivity index (χ0) is 26.0. The van der Waals surface area contributed by atoms with Gasteiger partial charge in [0, 0.05) is 12.3 Å². The fourth-order valence-electron chi connectivity index (χ4n) is 4.55. The van der Waals surface area contributed by atoms with Crippen LogP contribution in [0.2, 0.25) is 0 Å². The number of allylic oxidation sites excluding steroid dienone is 4. The molecule has 0 unspecified atom stereocenters. The summed E-state index contributed by atoms with van der Waals surface area (Å²) in [5.41, 5.74) is 0.408. The summed E-state index contributed by atoms with van der Waals surface area (Å²) in [6, 6.07) is 8.61. The minimum absolute atomic E-state index is 0.183. The van der Waals surface area contributed by atoms with Crippen molar-refractivity contribution in [3.8, 4) is 0 Å². The molecule has 6 heteroatoms. The van der Waals surface area contributed by atoms with E-state index in [1.807, 2.05) is 6.07 Å². The summed E-state index contributed by atoms with van der Waals surface area (Å²) in [6.45, 7) is 1.82. The van der Waals surface area contributed by atoms with Gasteiger partial charge in [-0.1, -0.05) is 68.7 Å². The number of carbonyl (C=O) groups excluding carboxylic acids is 3. The predicted molar refractivity (Wildman–Crippen MR) is 140 cm³/mol. The van der Waals surface area contributed by atoms with Crippen LogP contribution < -0.4 is 0 Å². The molecule has 198 valence electrons. The Labute approximate surface area is 216 Å². The molecule has 1 aromatic carbocycles. The van der Waals surface area contributed by atoms with Gasteiger partial charge in [-0.25, -0.2) is 9.59 Å². The van der Waals surface area contributed by atoms with E-state index >= 15 is 0 Å². The van der Waals surface area contributed by atoms with Gasteiger partial charge in [-0.05, 0) is 63.0 Å². The molecule has 1 fully saturated rings. The summed E-state index contributed by atoms with van der Waals surface area (Å²) >= 11 is 0. The number of methoxy groups -OCH3 is 1. The zero-order valence-corrected chi connectivity index (χ0v) is 21.9. The van der Waals surface area contributed by atoms with Crippen LogP contribution in [0.15, 0.2) is 54.6 Å². The highest BCUT2D eigenvalue weighted by Crippen LogP contribution is 2.38. The summed E-state index contributed by atoms with van der Waals surface area (Å²) in [4.78, 5) is 35.9. The predicted octanol–water partition coefficient (Wildman–Crippen LogP) is 6.60. The summed E-state index contributed by atoms with van der Waals surface area (Å²) in [5.74, 6) is -0.707. The summed E-state index contributed by atoms with van der Waals surface area (Å²) < 4.78 is 15.6. The quantitative estimate of drug-likeness (QED) is 0.111. The van der Waals surface area contributed by atoms with E-state index in [1.165, 1.54) is 32.8 Å². The van der Waals surface area contributed by atoms with E-state index in [4.69, 9.17) is 9.47 Å². The SMILES string of the molecule is CCCCCCC=C[C@H]1CC[C@@H](OC(=O)COC(=O)c2ccccc2)[C@@H]1CC=CCCCC(=O)OC. The Kier molecular flexibility index (Phi) is 14.3. The lowest BCUT2D eigenvalue weighted by Crippen LogP contribution is -2.27. The Bertz CT molecular complexity index is 844. The van der Waals surface area contributed by atoms with Crippen LogP contribution in [-0.2, 0) is 23.8 Å². The molecule has 3 atom stereocenters. The fourth-order valence-corrected chi connectivity index (χ4v) is 4.55. The van der Waals surface area contributed by atoms with Gasteiger partial charge in [0.25, 0.3) is 0 Å². The number of carbonyl (C=O) groups is 3. The van der Waals surface area contributed by atoms with E-state index < -0.39 is 18.5 Å². The molecule has 1 aromatic rings. The maximum atomic E-state index is 12.5. The highest BCUT2D eigenvalue weighted by atomic mass is 16.6. The number of unbranched alkanes of at least 4 members (excludes halogenated alkanes) is 5. The topological polar surface area (TPSA) is 78.9 Å². The first kappa shape index (κ1) is 29.3. The van der Waals surface area contributed by atoms with Gasteiger partial charge in [-0.2, -0.15) is 0 Å². The Balaban J connectivity index is 1.88. The highest BCUT2D eigenvalue weighted by molar-refractivity contribution is 5.90. The second-order valence-corrected chi connectivity index (χ2v) is 9.33. The van der Waals surface area contributed by atoms with Gasteiger partial charge in [0.1, 0.15) is 6.10 Å². The van der Waals surface area contributed by atoms with E-state index in [0.717, 1.165) is 38.5 Å². The van der Waals surface area contributed by atoms with Crippen LogP contribution in [0, 0.1) is 11.8 Å². The molecule has 1 aliphatic rings. The van der Waals surface area contributed by atoms with Gasteiger partial charge in [-0.15, -0.1) is 0 Å². The normalized spacial score (nSPS) is 19.6. The lowest BCUT2D eigenvalue weighted by atomic mass is 9.90. The van der Waals surface area contributed by atoms with Crippen molar-refractivity contribution >= 4 is 17.9 Å². The van der Waals surface area contributed by atoms with Crippen molar-refractivity contribution in [3.05, 3.63) is 60.2 Å². The first-order valence-corrected chi connectivity index (χ1v) is 13.3. The van der Waals surface area contributed by atoms with Crippen LogP contribution in [-0.4, -0.2) is 37.7 Å². The highest BCUT2D eigenvalue weighted by Gasteiger charge is 2.36. The average Bonchev–Trinajstić information content (AvgIpc) is 3.27. The molecule has 0 amide bonds. The number of hydrogen-bond acceptors (Lipinski definition) is 6. The first-order chi connectivity index (χ1) is 17.5. The Hall–Kier alpha value is -2.89. The van der Waals surface area contributed by atoms with Gasteiger partial charge >= 0.3 is 17.9 Å². The third-order valence-corrected chi connectivity index (χ3v) is 6.59. The van der Waals surface area contributed by atoms with E-state index in [-0.39, 0.29) is 18.0 Å². The largest absolute Gasteiger partial charge is 0.469 e. The molecule has 0 aromatic heterocycles. The minimum Gasteiger partial charge on any atom is -0.469 e. The van der Waals surface area contributed by atoms with E-state index in [1.54, 1.807) is 24.3 Å². The molecule has 0 radical (unpaired) electrons. The third kappa shape index (κ3) is 11.2. The first-order valence-electron chi connectivity index (χ1n) is 13.3. The minimum atomic E-state index is -0.533. The molecule has 0 saturated heterocycles. The molecule has 1 aliphatic carbocycles. The van der Waals surface area contributed by atoms with Gasteiger partial charge in [-0.3, -0.25) is 4.79 Å². The number of rotatable bonds is 16. The Morgan fingerprint density at radius 2 is 1.69 bits per heavy atom. The van der Waals surface area contributed by atoms with Gasteiger partial charge in [0.2, 0.25) is 0 Å². The smallest absolute Gasteiger partial charge is 0.344 e. The van der Waals surface area contributed by atoms with Gasteiger partial charge < -0.3 is 14.2 Å². The van der Waals surface area contributed by atoms with Crippen LogP contribution in [0.5, 0.6) is 0 Å². The molecular formula is C30H42O6. The second-order valence-electron chi connectivity index (χ2n) is 9.33. The molecule has 0 bridgehead atoms. The van der Waals surface area contributed by atoms with Crippen LogP contribution >= 0.6 is 0 Å². The number of ether oxygens (including phenoxy) is 3. The fraction of sp³-hybridized carbons (Fsp3) is 0.567. The third-order valence-electron chi connectivity index (χ3n) is 6.59. The van der Waals surface area contributed by atoms with Crippen LogP contribution in [0.25, 0.3) is 0 Å². The van der Waals surface area contributed by atoms with Crippen molar-refractivity contribution in [1.82, 2.24) is 0 Å². The summed E-state index contributed by atoms with van der Waals surface area (Å²) in [6.07, 6.45) is 19.1. The molecule has 1 saturated carbocycles. The molecule has 0 aliphatic heterocycles. The number of hydrogen-bond donors (Lipinski definition) is 0. The molecule has 0 N–H and O–H groups in total. The molecule has 0 spiro atoms. The van der Waals surface area contributed by atoms with Crippen molar-refractivity contribution < 1.29 is 28.6 Å². The lowest BCUT2D eigenvalue weighted by Gasteiger charge is -2.22. The maximum Gasteiger partial charge on any atom is 0.344 e. The zero-order valence-electron chi connectivity index (χ0n) is 21.9. The van der Waals surface area contributed by atoms with Crippen LogP contribution in [0.4, 0.5) is 0 Å². The van der Waals surface area contributed by atoms with E-state index in [9.17, 15) is 14.4 Å². The monoisotopic (exact) mass is 498 g/mol. The van der Waals surface area contributed by atoms with Crippen molar-refractivity contribution in [1.29, 1.82) is 0 Å².